The van der Waals surface area contributed by atoms with Crippen LogP contribution in [0.1, 0.15) is 50.3 Å². The molecule has 0 atom stereocenters. The molecule has 0 unspecified atom stereocenters. The molecule has 2 aromatic carbocycles. The van der Waals surface area contributed by atoms with Gasteiger partial charge >= 0.3 is 6.01 Å². The monoisotopic (exact) mass is 612 g/mol. The summed E-state index contributed by atoms with van der Waals surface area (Å²) in [5.41, 5.74) is 1.26. The van der Waals surface area contributed by atoms with Gasteiger partial charge in [-0.3, -0.25) is 4.90 Å². The van der Waals surface area contributed by atoms with Crippen LogP contribution in [-0.2, 0) is 12.8 Å². The molecule has 7 rings (SSSR count). The van der Waals surface area contributed by atoms with Gasteiger partial charge in [-0.25, -0.2) is 13.8 Å². The summed E-state index contributed by atoms with van der Waals surface area (Å²) in [5.74, 6) is 1.88. The molecule has 45 heavy (non-hydrogen) atoms. The molecule has 4 aromatic rings. The number of fused-ring (bicyclic) bond motifs is 2. The van der Waals surface area contributed by atoms with Gasteiger partial charge in [0.1, 0.15) is 35.2 Å². The van der Waals surface area contributed by atoms with E-state index in [2.05, 4.69) is 32.9 Å². The lowest BCUT2D eigenvalue weighted by Gasteiger charge is -2.32. The highest BCUT2D eigenvalue weighted by atomic mass is 19.1. The quantitative estimate of drug-likeness (QED) is 0.183. The number of aromatic hydroxyl groups is 1. The second-order valence-corrected chi connectivity index (χ2v) is 12.5. The first-order valence-corrected chi connectivity index (χ1v) is 16.0. The second kappa shape index (κ2) is 12.0. The first-order valence-electron chi connectivity index (χ1n) is 16.0. The maximum Gasteiger partial charge on any atom is 0.319 e. The van der Waals surface area contributed by atoms with Gasteiger partial charge in [-0.05, 0) is 80.7 Å². The van der Waals surface area contributed by atoms with E-state index in [-0.39, 0.29) is 46.1 Å². The topological polar surface area (TPSA) is 86.6 Å². The average molecular weight is 613 g/mol. The van der Waals surface area contributed by atoms with E-state index < -0.39 is 11.6 Å². The van der Waals surface area contributed by atoms with E-state index >= 15 is 8.78 Å². The summed E-state index contributed by atoms with van der Waals surface area (Å²) in [6.45, 7) is 7.72. The maximum atomic E-state index is 16.9. The summed E-state index contributed by atoms with van der Waals surface area (Å²) in [6, 6.07) is 5.96. The Morgan fingerprint density at radius 3 is 2.67 bits per heavy atom. The van der Waals surface area contributed by atoms with Gasteiger partial charge in [-0.15, -0.1) is 12.3 Å². The van der Waals surface area contributed by atoms with Crippen molar-refractivity contribution in [3.05, 3.63) is 47.2 Å². The fourth-order valence-electron chi connectivity index (χ4n) is 7.56. The van der Waals surface area contributed by atoms with Crippen LogP contribution in [0.2, 0.25) is 0 Å². The molecule has 0 saturated carbocycles. The predicted octanol–water partition coefficient (Wildman–Crippen LogP) is 5.37. The third kappa shape index (κ3) is 5.22. The molecule has 0 aliphatic carbocycles. The minimum atomic E-state index is -0.669. The number of phenols is 1. The van der Waals surface area contributed by atoms with Crippen molar-refractivity contribution in [1.82, 2.24) is 25.2 Å². The maximum absolute atomic E-state index is 16.9. The first-order chi connectivity index (χ1) is 21.9. The van der Waals surface area contributed by atoms with E-state index in [0.29, 0.717) is 53.8 Å². The molecule has 0 radical (unpaired) electrons. The Morgan fingerprint density at radius 2 is 1.89 bits per heavy atom. The molecule has 234 valence electrons. The lowest BCUT2D eigenvalue weighted by Crippen LogP contribution is -2.43. The summed E-state index contributed by atoms with van der Waals surface area (Å²) < 4.78 is 38.3. The highest BCUT2D eigenvalue weighted by molar-refractivity contribution is 6.02. The molecule has 0 bridgehead atoms. The van der Waals surface area contributed by atoms with E-state index in [0.717, 1.165) is 58.3 Å². The zero-order valence-corrected chi connectivity index (χ0v) is 25.6. The van der Waals surface area contributed by atoms with Crippen molar-refractivity contribution in [2.45, 2.75) is 57.4 Å². The number of anilines is 1. The van der Waals surface area contributed by atoms with Gasteiger partial charge in [0.2, 0.25) is 0 Å². The molecule has 2 aromatic heterocycles. The van der Waals surface area contributed by atoms with E-state index in [1.54, 1.807) is 6.07 Å². The number of ether oxygens (including phenoxy) is 1. The normalized spacial score (nSPS) is 17.2. The van der Waals surface area contributed by atoms with Crippen molar-refractivity contribution in [1.29, 1.82) is 0 Å². The molecule has 2 saturated heterocycles. The molecule has 3 aliphatic heterocycles. The predicted molar refractivity (Wildman–Crippen MR) is 172 cm³/mol. The number of terminal acetylenes is 1. The van der Waals surface area contributed by atoms with E-state index in [4.69, 9.17) is 21.1 Å². The fourth-order valence-corrected chi connectivity index (χ4v) is 7.56. The van der Waals surface area contributed by atoms with Crippen LogP contribution in [-0.4, -0.2) is 76.4 Å². The number of rotatable bonds is 10. The Bertz CT molecular complexity index is 1810. The first kappa shape index (κ1) is 29.6. The zero-order chi connectivity index (χ0) is 31.1. The molecule has 0 amide bonds. The molecule has 3 aliphatic rings. The molecule has 8 nitrogen and oxygen atoms in total. The van der Waals surface area contributed by atoms with Crippen molar-refractivity contribution in [2.75, 3.05) is 50.8 Å². The van der Waals surface area contributed by atoms with Gasteiger partial charge in [0.05, 0.1) is 16.6 Å². The van der Waals surface area contributed by atoms with Crippen LogP contribution in [0.3, 0.4) is 0 Å². The summed E-state index contributed by atoms with van der Waals surface area (Å²) in [7, 11) is 0. The minimum Gasteiger partial charge on any atom is -0.508 e. The Morgan fingerprint density at radius 1 is 1.07 bits per heavy atom. The van der Waals surface area contributed by atoms with Crippen molar-refractivity contribution in [3.8, 4) is 35.4 Å². The standard InChI is InChI=1S/C35H38F2N6O2/c1-3-7-24-26(36)9-8-22-19-23(44)20-25(28(22)24)31-30(37)32-29-27(39-31)10-17-42(18-14-38-13-4-2)33(29)41-34(40-32)45-21-35-11-5-15-43(35)16-6-12-35/h1,8-9,19-20,38,44H,4-7,10-18,21H2,2H3. The van der Waals surface area contributed by atoms with Crippen LogP contribution in [0.4, 0.5) is 14.6 Å². The number of benzene rings is 2. The van der Waals surface area contributed by atoms with Gasteiger partial charge < -0.3 is 20.1 Å². The number of nitrogens with zero attached hydrogens (tertiary/aromatic N) is 5. The molecule has 10 heteroatoms. The Kier molecular flexibility index (Phi) is 7.92. The highest BCUT2D eigenvalue weighted by Gasteiger charge is 2.45. The number of hydrogen-bond acceptors (Lipinski definition) is 8. The largest absolute Gasteiger partial charge is 0.508 e. The summed E-state index contributed by atoms with van der Waals surface area (Å²) >= 11 is 0. The summed E-state index contributed by atoms with van der Waals surface area (Å²) in [5, 5.41) is 15.6. The molecule has 0 spiro atoms. The van der Waals surface area contributed by atoms with Crippen molar-refractivity contribution in [3.63, 3.8) is 0 Å². The number of hydrogen-bond donors (Lipinski definition) is 2. The van der Waals surface area contributed by atoms with Gasteiger partial charge in [0, 0.05) is 43.6 Å². The smallest absolute Gasteiger partial charge is 0.319 e. The number of pyridine rings is 1. The van der Waals surface area contributed by atoms with Crippen LogP contribution in [0.5, 0.6) is 11.8 Å². The minimum absolute atomic E-state index is 0.00705. The Balaban J connectivity index is 1.38. The second-order valence-electron chi connectivity index (χ2n) is 12.5. The van der Waals surface area contributed by atoms with Crippen molar-refractivity contribution >= 4 is 27.5 Å². The number of halogens is 2. The molecule has 2 N–H and O–H groups in total. The van der Waals surface area contributed by atoms with Crippen LogP contribution < -0.4 is 15.0 Å². The van der Waals surface area contributed by atoms with Crippen molar-refractivity contribution < 1.29 is 18.6 Å². The summed E-state index contributed by atoms with van der Waals surface area (Å²) in [4.78, 5) is 19.0. The van der Waals surface area contributed by atoms with Gasteiger partial charge in [-0.2, -0.15) is 9.97 Å². The Hall–Kier alpha value is -4.07. The van der Waals surface area contributed by atoms with Gasteiger partial charge in [-0.1, -0.05) is 13.0 Å². The van der Waals surface area contributed by atoms with E-state index in [9.17, 15) is 5.11 Å². The third-order valence-corrected chi connectivity index (χ3v) is 9.69. The Labute approximate surface area is 261 Å². The molecular weight excluding hydrogens is 574 g/mol. The van der Waals surface area contributed by atoms with Crippen molar-refractivity contribution in [2.24, 2.45) is 0 Å². The van der Waals surface area contributed by atoms with E-state index in [1.807, 2.05) is 0 Å². The van der Waals surface area contributed by atoms with E-state index in [1.165, 1.54) is 18.2 Å². The average Bonchev–Trinajstić information content (AvgIpc) is 3.62. The lowest BCUT2D eigenvalue weighted by atomic mass is 9.93. The van der Waals surface area contributed by atoms with Crippen LogP contribution >= 0.6 is 0 Å². The highest BCUT2D eigenvalue weighted by Crippen LogP contribution is 2.42. The SMILES string of the molecule is C#CCc1c(F)ccc2cc(O)cc(-c3nc4c5c(nc(OCC67CCCN6CCC7)nc5c3F)N(CCNCCC)CC4)c12. The third-order valence-electron chi connectivity index (χ3n) is 9.69. The lowest BCUT2D eigenvalue weighted by molar-refractivity contribution is 0.108. The number of nitrogens with one attached hydrogen (secondary N) is 1. The fraction of sp³-hybridized carbons (Fsp3) is 0.457. The van der Waals surface area contributed by atoms with Crippen LogP contribution in [0, 0.1) is 24.0 Å². The summed E-state index contributed by atoms with van der Waals surface area (Å²) in [6.07, 6.45) is 11.6. The van der Waals surface area contributed by atoms with Gasteiger partial charge in [0.25, 0.3) is 0 Å². The molecule has 2 fully saturated rings. The van der Waals surface area contributed by atoms with Gasteiger partial charge in [0.15, 0.2) is 5.82 Å². The number of phenolic OH excluding ortho intramolecular Hbond substituents is 1. The number of aromatic nitrogens is 3. The van der Waals surface area contributed by atoms with Crippen LogP contribution in [0.15, 0.2) is 24.3 Å². The van der Waals surface area contributed by atoms with Crippen LogP contribution in [0.25, 0.3) is 32.9 Å². The zero-order valence-electron chi connectivity index (χ0n) is 25.6. The molecular formula is C35H38F2N6O2. The molecule has 5 heterocycles.